The second kappa shape index (κ2) is 4.59. The van der Waals surface area contributed by atoms with Crippen molar-refractivity contribution < 1.29 is 0 Å². The van der Waals surface area contributed by atoms with E-state index in [9.17, 15) is 0 Å². The van der Waals surface area contributed by atoms with Crippen molar-refractivity contribution in [3.8, 4) is 0 Å². The van der Waals surface area contributed by atoms with Crippen molar-refractivity contribution in [3.63, 3.8) is 0 Å². The van der Waals surface area contributed by atoms with E-state index in [2.05, 4.69) is 24.7 Å². The van der Waals surface area contributed by atoms with Crippen LogP contribution in [0.1, 0.15) is 56.3 Å². The Hall–Kier alpha value is -0.830. The van der Waals surface area contributed by atoms with Gasteiger partial charge in [0, 0.05) is 11.7 Å². The summed E-state index contributed by atoms with van der Waals surface area (Å²) in [5.74, 6) is 3.86. The fourth-order valence-corrected chi connectivity index (χ4v) is 5.60. The molecule has 0 aliphatic heterocycles. The van der Waals surface area contributed by atoms with Crippen molar-refractivity contribution in [1.29, 1.82) is 0 Å². The van der Waals surface area contributed by atoms with Gasteiger partial charge in [0.2, 0.25) is 0 Å². The molecule has 4 aliphatic rings. The fraction of sp³-hybridized carbons (Fsp3) is 0.824. The van der Waals surface area contributed by atoms with E-state index in [-0.39, 0.29) is 6.04 Å². The molecule has 1 unspecified atom stereocenters. The molecule has 3 heteroatoms. The van der Waals surface area contributed by atoms with E-state index in [0.717, 1.165) is 30.1 Å². The molecule has 4 fully saturated rings. The van der Waals surface area contributed by atoms with Gasteiger partial charge in [-0.1, -0.05) is 0 Å². The maximum absolute atomic E-state index is 5.96. The average molecular weight is 273 g/mol. The van der Waals surface area contributed by atoms with Gasteiger partial charge in [0.05, 0.1) is 12.2 Å². The van der Waals surface area contributed by atoms with Gasteiger partial charge in [-0.25, -0.2) is 0 Å². The summed E-state index contributed by atoms with van der Waals surface area (Å²) in [4.78, 5) is 0. The lowest BCUT2D eigenvalue weighted by atomic mass is 9.54. The molecule has 110 valence electrons. The van der Waals surface area contributed by atoms with Crippen LogP contribution in [0.3, 0.4) is 0 Å². The third-order valence-electron chi connectivity index (χ3n) is 6.15. The van der Waals surface area contributed by atoms with Gasteiger partial charge in [0.15, 0.2) is 0 Å². The van der Waals surface area contributed by atoms with Gasteiger partial charge in [-0.3, -0.25) is 4.68 Å². The number of hydrogen-bond acceptors (Lipinski definition) is 2. The van der Waals surface area contributed by atoms with Crippen LogP contribution in [-0.2, 0) is 6.42 Å². The van der Waals surface area contributed by atoms with Crippen LogP contribution in [0, 0.1) is 30.6 Å². The zero-order valence-corrected chi connectivity index (χ0v) is 12.8. The topological polar surface area (TPSA) is 43.8 Å². The van der Waals surface area contributed by atoms with Gasteiger partial charge >= 0.3 is 0 Å². The van der Waals surface area contributed by atoms with Crippen LogP contribution in [0.4, 0.5) is 0 Å². The summed E-state index contributed by atoms with van der Waals surface area (Å²) in [5.41, 5.74) is 8.69. The van der Waals surface area contributed by atoms with Crippen LogP contribution >= 0.6 is 0 Å². The van der Waals surface area contributed by atoms with Gasteiger partial charge in [0.1, 0.15) is 0 Å². The molecule has 3 nitrogen and oxygen atoms in total. The van der Waals surface area contributed by atoms with Crippen LogP contribution in [0.25, 0.3) is 0 Å². The summed E-state index contributed by atoms with van der Waals surface area (Å²) < 4.78 is 2.38. The first-order valence-electron chi connectivity index (χ1n) is 8.40. The van der Waals surface area contributed by atoms with Crippen LogP contribution in [0.2, 0.25) is 0 Å². The molecular weight excluding hydrogens is 246 g/mol. The molecule has 0 aromatic carbocycles. The van der Waals surface area contributed by atoms with Gasteiger partial charge in [-0.15, -0.1) is 0 Å². The van der Waals surface area contributed by atoms with Crippen molar-refractivity contribution in [3.05, 3.63) is 17.5 Å². The predicted molar refractivity (Wildman–Crippen MR) is 80.4 cm³/mol. The minimum Gasteiger partial charge on any atom is -0.328 e. The first-order valence-corrected chi connectivity index (χ1v) is 8.40. The number of hydrogen-bond donors (Lipinski definition) is 1. The Morgan fingerprint density at radius 3 is 2.35 bits per heavy atom. The summed E-state index contributed by atoms with van der Waals surface area (Å²) in [6.45, 7) is 4.33. The standard InChI is InChI=1S/C17H27N3/c1-10(18)3-16-9-19-20(11(16)2)17-14-5-12-4-13(7-14)8-15(17)6-12/h9-10,12-15,17H,3-8,18H2,1-2H3. The molecule has 4 aliphatic carbocycles. The van der Waals surface area contributed by atoms with E-state index in [4.69, 9.17) is 10.8 Å². The van der Waals surface area contributed by atoms with Crippen molar-refractivity contribution in [2.75, 3.05) is 0 Å². The Morgan fingerprint density at radius 1 is 1.20 bits per heavy atom. The van der Waals surface area contributed by atoms with E-state index in [1.165, 1.54) is 43.4 Å². The summed E-state index contributed by atoms with van der Waals surface area (Å²) in [6.07, 6.45) is 10.4. The molecule has 1 atom stereocenters. The average Bonchev–Trinajstić information content (AvgIpc) is 2.70. The number of nitrogens with two attached hydrogens (primary N) is 1. The van der Waals surface area contributed by atoms with Crippen molar-refractivity contribution in [2.45, 2.75) is 64.5 Å². The molecule has 4 bridgehead atoms. The minimum atomic E-state index is 0.227. The molecule has 1 aromatic heterocycles. The Balaban J connectivity index is 1.63. The van der Waals surface area contributed by atoms with Gasteiger partial charge in [-0.2, -0.15) is 5.10 Å². The van der Waals surface area contributed by atoms with E-state index >= 15 is 0 Å². The lowest BCUT2D eigenvalue weighted by Gasteiger charge is -2.54. The molecule has 0 saturated heterocycles. The van der Waals surface area contributed by atoms with Crippen LogP contribution in [0.15, 0.2) is 6.20 Å². The SMILES string of the molecule is Cc1c(CC(C)N)cnn1C1C2CC3CC(C2)CC1C3. The van der Waals surface area contributed by atoms with E-state index in [1.807, 2.05) is 0 Å². The van der Waals surface area contributed by atoms with Gasteiger partial charge in [0.25, 0.3) is 0 Å². The maximum Gasteiger partial charge on any atom is 0.0579 e. The zero-order chi connectivity index (χ0) is 13.9. The van der Waals surface area contributed by atoms with Crippen molar-refractivity contribution in [1.82, 2.24) is 9.78 Å². The Bertz CT molecular complexity index is 474. The molecule has 0 spiro atoms. The van der Waals surface area contributed by atoms with E-state index < -0.39 is 0 Å². The Kier molecular flexibility index (Phi) is 2.95. The zero-order valence-electron chi connectivity index (χ0n) is 12.8. The van der Waals surface area contributed by atoms with Crippen molar-refractivity contribution in [2.24, 2.45) is 29.4 Å². The maximum atomic E-state index is 5.96. The molecule has 1 aromatic rings. The quantitative estimate of drug-likeness (QED) is 0.919. The largest absolute Gasteiger partial charge is 0.328 e. The van der Waals surface area contributed by atoms with Gasteiger partial charge < -0.3 is 5.73 Å². The predicted octanol–water partition coefficient (Wildman–Crippen LogP) is 3.08. The highest BCUT2D eigenvalue weighted by molar-refractivity contribution is 5.19. The highest BCUT2D eigenvalue weighted by atomic mass is 15.3. The summed E-state index contributed by atoms with van der Waals surface area (Å²) in [5, 5.41) is 4.78. The lowest BCUT2D eigenvalue weighted by molar-refractivity contribution is -0.0344. The molecular formula is C17H27N3. The molecule has 1 heterocycles. The third kappa shape index (κ3) is 1.93. The monoisotopic (exact) mass is 273 g/mol. The smallest absolute Gasteiger partial charge is 0.0579 e. The first-order chi connectivity index (χ1) is 9.61. The highest BCUT2D eigenvalue weighted by Gasteiger charge is 2.49. The molecule has 0 amide bonds. The molecule has 5 rings (SSSR count). The summed E-state index contributed by atoms with van der Waals surface area (Å²) in [6, 6.07) is 0.912. The molecule has 0 radical (unpaired) electrons. The third-order valence-corrected chi connectivity index (χ3v) is 6.15. The van der Waals surface area contributed by atoms with E-state index in [1.54, 1.807) is 0 Å². The minimum absolute atomic E-state index is 0.227. The second-order valence-electron chi connectivity index (χ2n) is 7.80. The van der Waals surface area contributed by atoms with Crippen LogP contribution in [-0.4, -0.2) is 15.8 Å². The first kappa shape index (κ1) is 12.9. The normalized spacial score (nSPS) is 40.2. The summed E-state index contributed by atoms with van der Waals surface area (Å²) in [7, 11) is 0. The van der Waals surface area contributed by atoms with Crippen LogP contribution < -0.4 is 5.73 Å². The lowest BCUT2D eigenvalue weighted by Crippen LogP contribution is -2.46. The Labute approximate surface area is 121 Å². The Morgan fingerprint density at radius 2 is 1.80 bits per heavy atom. The summed E-state index contributed by atoms with van der Waals surface area (Å²) >= 11 is 0. The molecule has 20 heavy (non-hydrogen) atoms. The number of aromatic nitrogens is 2. The van der Waals surface area contributed by atoms with Gasteiger partial charge in [-0.05, 0) is 81.6 Å². The van der Waals surface area contributed by atoms with Crippen LogP contribution in [0.5, 0.6) is 0 Å². The van der Waals surface area contributed by atoms with Crippen molar-refractivity contribution >= 4 is 0 Å². The second-order valence-corrected chi connectivity index (χ2v) is 7.80. The molecule has 4 saturated carbocycles. The highest BCUT2D eigenvalue weighted by Crippen LogP contribution is 2.58. The number of nitrogens with zero attached hydrogens (tertiary/aromatic N) is 2. The fourth-order valence-electron chi connectivity index (χ4n) is 5.60. The number of rotatable bonds is 3. The molecule has 2 N–H and O–H groups in total. The van der Waals surface area contributed by atoms with E-state index in [0.29, 0.717) is 6.04 Å².